The number of carbonyl (C=O) groups is 2. The zero-order valence-electron chi connectivity index (χ0n) is 14.7. The van der Waals surface area contributed by atoms with Crippen LogP contribution in [0.4, 0.5) is 0 Å². The molecule has 0 aromatic heterocycles. The van der Waals surface area contributed by atoms with Gasteiger partial charge in [-0.25, -0.2) is 0 Å². The van der Waals surface area contributed by atoms with Crippen LogP contribution in [0.5, 0.6) is 0 Å². The SMILES string of the molecule is CC(=O)N(CCC(=O)NCCc1cccc(Cl)c1)Cc1ccccc1Cl. The number of hydrogen-bond donors (Lipinski definition) is 1. The minimum atomic E-state index is -0.0864. The zero-order chi connectivity index (χ0) is 18.9. The van der Waals surface area contributed by atoms with Crippen LogP contribution < -0.4 is 5.32 Å². The van der Waals surface area contributed by atoms with Gasteiger partial charge < -0.3 is 10.2 Å². The normalized spacial score (nSPS) is 10.4. The zero-order valence-corrected chi connectivity index (χ0v) is 16.2. The summed E-state index contributed by atoms with van der Waals surface area (Å²) in [7, 11) is 0. The molecule has 6 heteroatoms. The Morgan fingerprint density at radius 1 is 1.08 bits per heavy atom. The maximum absolute atomic E-state index is 12.0. The second-order valence-electron chi connectivity index (χ2n) is 6.01. The molecule has 0 radical (unpaired) electrons. The van der Waals surface area contributed by atoms with Crippen LogP contribution in [0.2, 0.25) is 10.0 Å². The van der Waals surface area contributed by atoms with E-state index in [1.807, 2.05) is 42.5 Å². The minimum Gasteiger partial charge on any atom is -0.356 e. The summed E-state index contributed by atoms with van der Waals surface area (Å²) < 4.78 is 0. The number of carbonyl (C=O) groups excluding carboxylic acids is 2. The standard InChI is InChI=1S/C20H22Cl2N2O2/c1-15(25)24(14-17-6-2-3-8-19(17)22)12-10-20(26)23-11-9-16-5-4-7-18(21)13-16/h2-8,13H,9-12,14H2,1H3,(H,23,26). The van der Waals surface area contributed by atoms with Crippen LogP contribution in [0.15, 0.2) is 48.5 Å². The molecule has 1 N–H and O–H groups in total. The van der Waals surface area contributed by atoms with Gasteiger partial charge in [-0.05, 0) is 35.7 Å². The molecule has 0 saturated heterocycles. The second kappa shape index (κ2) is 10.2. The van der Waals surface area contributed by atoms with Gasteiger partial charge in [-0.1, -0.05) is 53.5 Å². The Kier molecular flexibility index (Phi) is 7.95. The van der Waals surface area contributed by atoms with Gasteiger partial charge in [0.1, 0.15) is 0 Å². The van der Waals surface area contributed by atoms with Crippen molar-refractivity contribution in [1.29, 1.82) is 0 Å². The monoisotopic (exact) mass is 392 g/mol. The van der Waals surface area contributed by atoms with Gasteiger partial charge >= 0.3 is 0 Å². The van der Waals surface area contributed by atoms with Crippen molar-refractivity contribution in [3.63, 3.8) is 0 Å². The molecule has 4 nitrogen and oxygen atoms in total. The van der Waals surface area contributed by atoms with Crippen molar-refractivity contribution in [1.82, 2.24) is 10.2 Å². The van der Waals surface area contributed by atoms with Gasteiger partial charge in [-0.15, -0.1) is 0 Å². The summed E-state index contributed by atoms with van der Waals surface area (Å²) >= 11 is 12.1. The molecule has 26 heavy (non-hydrogen) atoms. The maximum Gasteiger partial charge on any atom is 0.221 e. The van der Waals surface area contributed by atoms with E-state index in [4.69, 9.17) is 23.2 Å². The van der Waals surface area contributed by atoms with E-state index >= 15 is 0 Å². The Hall–Kier alpha value is -2.04. The number of halogens is 2. The molecule has 0 bridgehead atoms. The van der Waals surface area contributed by atoms with Crippen LogP contribution in [0.3, 0.4) is 0 Å². The fourth-order valence-corrected chi connectivity index (χ4v) is 2.95. The number of amides is 2. The Bertz CT molecular complexity index is 765. The second-order valence-corrected chi connectivity index (χ2v) is 6.86. The molecular weight excluding hydrogens is 371 g/mol. The molecule has 0 fully saturated rings. The van der Waals surface area contributed by atoms with Crippen molar-refractivity contribution < 1.29 is 9.59 Å². The average molecular weight is 393 g/mol. The molecule has 0 aliphatic heterocycles. The first-order valence-electron chi connectivity index (χ1n) is 8.46. The van der Waals surface area contributed by atoms with Crippen LogP contribution in [0, 0.1) is 0 Å². The van der Waals surface area contributed by atoms with Crippen LogP contribution in [0.25, 0.3) is 0 Å². The number of benzene rings is 2. The van der Waals surface area contributed by atoms with E-state index in [1.165, 1.54) is 6.92 Å². The highest BCUT2D eigenvalue weighted by Gasteiger charge is 2.13. The summed E-state index contributed by atoms with van der Waals surface area (Å²) in [4.78, 5) is 25.5. The van der Waals surface area contributed by atoms with E-state index in [9.17, 15) is 9.59 Å². The lowest BCUT2D eigenvalue weighted by molar-refractivity contribution is -0.130. The van der Waals surface area contributed by atoms with E-state index in [0.717, 1.165) is 11.1 Å². The van der Waals surface area contributed by atoms with Gasteiger partial charge in [0, 0.05) is 43.0 Å². The molecule has 0 aliphatic carbocycles. The highest BCUT2D eigenvalue weighted by molar-refractivity contribution is 6.31. The largest absolute Gasteiger partial charge is 0.356 e. The fourth-order valence-electron chi connectivity index (χ4n) is 2.54. The van der Waals surface area contributed by atoms with Crippen molar-refractivity contribution in [3.05, 3.63) is 69.7 Å². The van der Waals surface area contributed by atoms with Gasteiger partial charge in [-0.3, -0.25) is 9.59 Å². The highest BCUT2D eigenvalue weighted by atomic mass is 35.5. The average Bonchev–Trinajstić information content (AvgIpc) is 2.60. The summed E-state index contributed by atoms with van der Waals surface area (Å²) in [6.07, 6.45) is 0.960. The molecule has 0 atom stereocenters. The third-order valence-electron chi connectivity index (χ3n) is 4.00. The lowest BCUT2D eigenvalue weighted by atomic mass is 10.1. The molecule has 0 heterocycles. The van der Waals surface area contributed by atoms with Gasteiger partial charge in [0.25, 0.3) is 0 Å². The van der Waals surface area contributed by atoms with E-state index in [0.29, 0.717) is 36.1 Å². The maximum atomic E-state index is 12.0. The van der Waals surface area contributed by atoms with Crippen molar-refractivity contribution in [2.24, 2.45) is 0 Å². The van der Waals surface area contributed by atoms with Gasteiger partial charge in [0.15, 0.2) is 0 Å². The Morgan fingerprint density at radius 3 is 2.54 bits per heavy atom. The molecule has 2 aromatic rings. The van der Waals surface area contributed by atoms with Gasteiger partial charge in [-0.2, -0.15) is 0 Å². The highest BCUT2D eigenvalue weighted by Crippen LogP contribution is 2.17. The summed E-state index contributed by atoms with van der Waals surface area (Å²) in [6, 6.07) is 15.0. The molecule has 0 saturated carbocycles. The first-order valence-corrected chi connectivity index (χ1v) is 9.21. The van der Waals surface area contributed by atoms with Crippen LogP contribution in [0.1, 0.15) is 24.5 Å². The summed E-state index contributed by atoms with van der Waals surface area (Å²) in [5.74, 6) is -0.172. The number of nitrogens with one attached hydrogen (secondary N) is 1. The van der Waals surface area contributed by atoms with Crippen molar-refractivity contribution in [2.45, 2.75) is 26.3 Å². The molecule has 0 aliphatic rings. The van der Waals surface area contributed by atoms with E-state index in [1.54, 1.807) is 11.0 Å². The molecule has 2 rings (SSSR count). The lowest BCUT2D eigenvalue weighted by Crippen LogP contribution is -2.34. The van der Waals surface area contributed by atoms with E-state index in [2.05, 4.69) is 5.32 Å². The quantitative estimate of drug-likeness (QED) is 0.735. The number of rotatable bonds is 8. The molecule has 0 spiro atoms. The minimum absolute atomic E-state index is 0.0857. The van der Waals surface area contributed by atoms with Gasteiger partial charge in [0.05, 0.1) is 0 Å². The first-order chi connectivity index (χ1) is 12.5. The predicted molar refractivity (Wildman–Crippen MR) is 105 cm³/mol. The number of hydrogen-bond acceptors (Lipinski definition) is 2. The van der Waals surface area contributed by atoms with E-state index < -0.39 is 0 Å². The molecular formula is C20H22Cl2N2O2. The first kappa shape index (κ1) is 20.3. The Labute approximate surface area is 164 Å². The Balaban J connectivity index is 1.78. The van der Waals surface area contributed by atoms with Crippen LogP contribution >= 0.6 is 23.2 Å². The Morgan fingerprint density at radius 2 is 1.85 bits per heavy atom. The van der Waals surface area contributed by atoms with E-state index in [-0.39, 0.29) is 18.2 Å². The lowest BCUT2D eigenvalue weighted by Gasteiger charge is -2.21. The van der Waals surface area contributed by atoms with Crippen LogP contribution in [-0.4, -0.2) is 29.8 Å². The third-order valence-corrected chi connectivity index (χ3v) is 4.60. The summed E-state index contributed by atoms with van der Waals surface area (Å²) in [6.45, 7) is 2.77. The van der Waals surface area contributed by atoms with Crippen molar-refractivity contribution in [2.75, 3.05) is 13.1 Å². The third kappa shape index (κ3) is 6.70. The fraction of sp³-hybridized carbons (Fsp3) is 0.300. The molecule has 138 valence electrons. The molecule has 0 unspecified atom stereocenters. The predicted octanol–water partition coefficient (Wildman–Crippen LogP) is 4.09. The number of nitrogens with zero attached hydrogens (tertiary/aromatic N) is 1. The smallest absolute Gasteiger partial charge is 0.221 e. The van der Waals surface area contributed by atoms with Crippen molar-refractivity contribution >= 4 is 35.0 Å². The van der Waals surface area contributed by atoms with Crippen molar-refractivity contribution in [3.8, 4) is 0 Å². The summed E-state index contributed by atoms with van der Waals surface area (Å²) in [5.41, 5.74) is 1.94. The topological polar surface area (TPSA) is 49.4 Å². The molecule has 2 aromatic carbocycles. The summed E-state index contributed by atoms with van der Waals surface area (Å²) in [5, 5.41) is 4.18. The molecule has 2 amide bonds. The van der Waals surface area contributed by atoms with Crippen LogP contribution in [-0.2, 0) is 22.6 Å². The van der Waals surface area contributed by atoms with Gasteiger partial charge in [0.2, 0.25) is 11.8 Å².